The summed E-state index contributed by atoms with van der Waals surface area (Å²) < 4.78 is 25.5. The fourth-order valence-corrected chi connectivity index (χ4v) is 2.74. The number of nitro benzene ring substituents is 1. The Bertz CT molecular complexity index is 569. The van der Waals surface area contributed by atoms with Crippen LogP contribution < -0.4 is 8.61 Å². The molecule has 0 bridgehead atoms. The number of benzene rings is 1. The van der Waals surface area contributed by atoms with Crippen molar-refractivity contribution in [2.45, 2.75) is 0 Å². The molecule has 0 fully saturated rings. The standard InChI is InChI=1S/C8H9N3O4S/c1-9-7-4-3-6(11(12)13)5-8(7)10(2)16(9,14)15/h3-5H,1-2H3. The summed E-state index contributed by atoms with van der Waals surface area (Å²) in [4.78, 5) is 10.0. The zero-order valence-electron chi connectivity index (χ0n) is 8.61. The molecule has 1 heterocycles. The van der Waals surface area contributed by atoms with Crippen molar-refractivity contribution in [1.29, 1.82) is 0 Å². The quantitative estimate of drug-likeness (QED) is 0.537. The molecule has 2 rings (SSSR count). The van der Waals surface area contributed by atoms with Crippen molar-refractivity contribution in [3.05, 3.63) is 28.3 Å². The molecule has 7 nitrogen and oxygen atoms in total. The molecule has 1 aliphatic rings. The molecule has 16 heavy (non-hydrogen) atoms. The Morgan fingerprint density at radius 2 is 1.75 bits per heavy atom. The van der Waals surface area contributed by atoms with Crippen molar-refractivity contribution >= 4 is 27.3 Å². The van der Waals surface area contributed by atoms with Gasteiger partial charge in [0.15, 0.2) is 0 Å². The molecule has 1 aliphatic heterocycles. The van der Waals surface area contributed by atoms with Gasteiger partial charge in [-0.15, -0.1) is 0 Å². The molecule has 0 aliphatic carbocycles. The highest BCUT2D eigenvalue weighted by atomic mass is 32.2. The second-order valence-corrected chi connectivity index (χ2v) is 5.36. The van der Waals surface area contributed by atoms with Gasteiger partial charge in [-0.2, -0.15) is 8.42 Å². The lowest BCUT2D eigenvalue weighted by Crippen LogP contribution is -2.32. The predicted molar refractivity (Wildman–Crippen MR) is 58.8 cm³/mol. The highest BCUT2D eigenvalue weighted by Crippen LogP contribution is 2.40. The van der Waals surface area contributed by atoms with Crippen LogP contribution in [0.15, 0.2) is 18.2 Å². The first-order valence-electron chi connectivity index (χ1n) is 4.37. The Morgan fingerprint density at radius 1 is 1.19 bits per heavy atom. The monoisotopic (exact) mass is 243 g/mol. The molecule has 0 amide bonds. The molecule has 0 aromatic heterocycles. The maximum absolute atomic E-state index is 11.7. The molecule has 0 saturated heterocycles. The van der Waals surface area contributed by atoms with E-state index in [1.165, 1.54) is 32.3 Å². The largest absolute Gasteiger partial charge is 0.326 e. The number of nitro groups is 1. The minimum absolute atomic E-state index is 0.129. The molecule has 0 unspecified atom stereocenters. The van der Waals surface area contributed by atoms with Crippen LogP contribution in [0.5, 0.6) is 0 Å². The first kappa shape index (κ1) is 10.7. The van der Waals surface area contributed by atoms with Gasteiger partial charge in [-0.3, -0.25) is 18.7 Å². The van der Waals surface area contributed by atoms with E-state index in [0.29, 0.717) is 11.4 Å². The van der Waals surface area contributed by atoms with E-state index in [9.17, 15) is 18.5 Å². The second-order valence-electron chi connectivity index (χ2n) is 3.37. The Morgan fingerprint density at radius 3 is 2.31 bits per heavy atom. The molecule has 1 aromatic rings. The van der Waals surface area contributed by atoms with Crippen LogP contribution in [0, 0.1) is 10.1 Å². The van der Waals surface area contributed by atoms with E-state index in [2.05, 4.69) is 0 Å². The molecule has 0 N–H and O–H groups in total. The number of non-ortho nitro benzene ring substituents is 1. The zero-order chi connectivity index (χ0) is 12.1. The molecule has 86 valence electrons. The summed E-state index contributed by atoms with van der Waals surface area (Å²) >= 11 is 0. The number of anilines is 2. The SMILES string of the molecule is CN1c2ccc([N+](=O)[O-])cc2N(C)S1(=O)=O. The summed E-state index contributed by atoms with van der Waals surface area (Å²) in [6.45, 7) is 0. The van der Waals surface area contributed by atoms with Gasteiger partial charge in [-0.25, -0.2) is 0 Å². The normalized spacial score (nSPS) is 17.4. The maximum atomic E-state index is 11.7. The van der Waals surface area contributed by atoms with Crippen molar-refractivity contribution in [2.75, 3.05) is 22.7 Å². The predicted octanol–water partition coefficient (Wildman–Crippen LogP) is 0.726. The number of rotatable bonds is 1. The van der Waals surface area contributed by atoms with Crippen LogP contribution in [0.3, 0.4) is 0 Å². The van der Waals surface area contributed by atoms with Gasteiger partial charge >= 0.3 is 10.2 Å². The van der Waals surface area contributed by atoms with Gasteiger partial charge < -0.3 is 0 Å². The van der Waals surface area contributed by atoms with Crippen LogP contribution in [0.2, 0.25) is 0 Å². The smallest absolute Gasteiger partial charge is 0.258 e. The van der Waals surface area contributed by atoms with Gasteiger partial charge in [0, 0.05) is 26.2 Å². The van der Waals surface area contributed by atoms with E-state index >= 15 is 0 Å². The highest BCUT2D eigenvalue weighted by molar-refractivity contribution is 7.94. The van der Waals surface area contributed by atoms with Gasteiger partial charge in [0.05, 0.1) is 16.3 Å². The lowest BCUT2D eigenvalue weighted by Gasteiger charge is -2.12. The molecule has 1 aromatic carbocycles. The fraction of sp³-hybridized carbons (Fsp3) is 0.250. The maximum Gasteiger partial charge on any atom is 0.326 e. The third-order valence-corrected chi connectivity index (χ3v) is 4.32. The summed E-state index contributed by atoms with van der Waals surface area (Å²) in [6, 6.07) is 3.95. The van der Waals surface area contributed by atoms with Gasteiger partial charge in [0.1, 0.15) is 0 Å². The Hall–Kier alpha value is -1.83. The molecule has 8 heteroatoms. The number of hydrogen-bond donors (Lipinski definition) is 0. The Labute approximate surface area is 92.2 Å². The van der Waals surface area contributed by atoms with Crippen LogP contribution in [-0.2, 0) is 10.2 Å². The third-order valence-electron chi connectivity index (χ3n) is 2.54. The van der Waals surface area contributed by atoms with E-state index < -0.39 is 15.1 Å². The first-order valence-corrected chi connectivity index (χ1v) is 5.76. The minimum atomic E-state index is -3.56. The molecule has 0 spiro atoms. The first-order chi connectivity index (χ1) is 7.35. The van der Waals surface area contributed by atoms with Gasteiger partial charge in [0.25, 0.3) is 5.69 Å². The molecular weight excluding hydrogens is 234 g/mol. The van der Waals surface area contributed by atoms with E-state index in [1.54, 1.807) is 0 Å². The van der Waals surface area contributed by atoms with E-state index in [0.717, 1.165) is 8.61 Å². The van der Waals surface area contributed by atoms with Crippen molar-refractivity contribution in [3.63, 3.8) is 0 Å². The molecule has 0 radical (unpaired) electrons. The fourth-order valence-electron chi connectivity index (χ4n) is 1.58. The number of nitrogens with zero attached hydrogens (tertiary/aromatic N) is 3. The van der Waals surface area contributed by atoms with E-state index in [-0.39, 0.29) is 5.69 Å². The average molecular weight is 243 g/mol. The van der Waals surface area contributed by atoms with Crippen molar-refractivity contribution in [1.82, 2.24) is 0 Å². The zero-order valence-corrected chi connectivity index (χ0v) is 9.43. The summed E-state index contributed by atoms with van der Waals surface area (Å²) in [5.41, 5.74) is 0.626. The Balaban J connectivity index is 2.65. The second kappa shape index (κ2) is 3.08. The number of fused-ring (bicyclic) bond motifs is 1. The molecule has 0 saturated carbocycles. The van der Waals surface area contributed by atoms with Gasteiger partial charge in [-0.05, 0) is 6.07 Å². The molecule has 0 atom stereocenters. The third kappa shape index (κ3) is 1.23. The summed E-state index contributed by atoms with van der Waals surface area (Å²) in [6.07, 6.45) is 0. The molecular formula is C8H9N3O4S. The van der Waals surface area contributed by atoms with Crippen LogP contribution in [-0.4, -0.2) is 27.4 Å². The van der Waals surface area contributed by atoms with Crippen molar-refractivity contribution in [2.24, 2.45) is 0 Å². The van der Waals surface area contributed by atoms with E-state index in [4.69, 9.17) is 0 Å². The number of hydrogen-bond acceptors (Lipinski definition) is 4. The van der Waals surface area contributed by atoms with Crippen LogP contribution in [0.25, 0.3) is 0 Å². The lowest BCUT2D eigenvalue weighted by atomic mass is 10.2. The van der Waals surface area contributed by atoms with Crippen molar-refractivity contribution in [3.8, 4) is 0 Å². The van der Waals surface area contributed by atoms with Gasteiger partial charge in [0.2, 0.25) is 0 Å². The highest BCUT2D eigenvalue weighted by Gasteiger charge is 2.36. The van der Waals surface area contributed by atoms with Crippen LogP contribution in [0.1, 0.15) is 0 Å². The lowest BCUT2D eigenvalue weighted by molar-refractivity contribution is -0.384. The summed E-state index contributed by atoms with van der Waals surface area (Å²) in [5, 5.41) is 10.6. The van der Waals surface area contributed by atoms with E-state index in [1.807, 2.05) is 0 Å². The van der Waals surface area contributed by atoms with Crippen LogP contribution >= 0.6 is 0 Å². The van der Waals surface area contributed by atoms with Crippen molar-refractivity contribution < 1.29 is 13.3 Å². The summed E-state index contributed by atoms with van der Waals surface area (Å²) in [5.74, 6) is 0. The minimum Gasteiger partial charge on any atom is -0.258 e. The van der Waals surface area contributed by atoms with Crippen LogP contribution in [0.4, 0.5) is 17.1 Å². The van der Waals surface area contributed by atoms with Gasteiger partial charge in [-0.1, -0.05) is 0 Å². The average Bonchev–Trinajstić information content (AvgIpc) is 2.40. The summed E-state index contributed by atoms with van der Waals surface area (Å²) in [7, 11) is -0.792. The Kier molecular flexibility index (Phi) is 2.06. The topological polar surface area (TPSA) is 83.8 Å².